The number of halogens is 2. The van der Waals surface area contributed by atoms with Gasteiger partial charge in [-0.3, -0.25) is 12.2 Å². The van der Waals surface area contributed by atoms with Gasteiger partial charge >= 0.3 is 30.2 Å². The van der Waals surface area contributed by atoms with Gasteiger partial charge in [0.2, 0.25) is 0 Å². The van der Waals surface area contributed by atoms with E-state index in [0.29, 0.717) is 0 Å². The van der Waals surface area contributed by atoms with Crippen molar-refractivity contribution in [1.82, 2.24) is 0 Å². The number of hydrogen-bond donors (Lipinski definition) is 0. The zero-order chi connectivity index (χ0) is 18.0. The van der Waals surface area contributed by atoms with Crippen molar-refractivity contribution in [1.29, 1.82) is 0 Å². The van der Waals surface area contributed by atoms with Crippen molar-refractivity contribution >= 4 is 31.7 Å². The fourth-order valence-corrected chi connectivity index (χ4v) is 1.24. The summed E-state index contributed by atoms with van der Waals surface area (Å²) in [4.78, 5) is 0. The van der Waals surface area contributed by atoms with Crippen LogP contribution in [-0.2, 0) is 23.3 Å². The van der Waals surface area contributed by atoms with Crippen molar-refractivity contribution < 1.29 is 23.3 Å². The normalized spacial score (nSPS) is 12.8. The Hall–Kier alpha value is 0.640. The summed E-state index contributed by atoms with van der Waals surface area (Å²) in [6.07, 6.45) is 14.4. The van der Waals surface area contributed by atoms with E-state index >= 15 is 0 Å². The van der Waals surface area contributed by atoms with Crippen LogP contribution in [0, 0.1) is 26.0 Å². The molecule has 0 N–H and O–H groups in total. The molecule has 0 bridgehead atoms. The van der Waals surface area contributed by atoms with Crippen molar-refractivity contribution in [2.45, 2.75) is 67.2 Å². The quantitative estimate of drug-likeness (QED) is 0.280. The van der Waals surface area contributed by atoms with Crippen molar-refractivity contribution in [3.63, 3.8) is 0 Å². The maximum absolute atomic E-state index is 3.49. The van der Waals surface area contributed by atoms with Gasteiger partial charge in [-0.25, -0.2) is 23.3 Å². The van der Waals surface area contributed by atoms with Crippen LogP contribution in [0.4, 0.5) is 0 Å². The summed E-state index contributed by atoms with van der Waals surface area (Å²) in [5.41, 5.74) is 5.69. The van der Waals surface area contributed by atoms with E-state index in [-0.39, 0.29) is 24.8 Å². The zero-order valence-corrected chi connectivity index (χ0v) is 21.9. The molecule has 0 radical (unpaired) electrons. The molecule has 0 heterocycles. The fourth-order valence-electron chi connectivity index (χ4n) is 1.24. The van der Waals surface area contributed by atoms with E-state index in [9.17, 15) is 0 Å². The molecule has 0 spiro atoms. The Morgan fingerprint density at radius 2 is 1.04 bits per heavy atom. The topological polar surface area (TPSA) is 0 Å². The molecule has 0 saturated carbocycles. The second-order valence-electron chi connectivity index (χ2n) is 4.98. The summed E-state index contributed by atoms with van der Waals surface area (Å²) >= 11 is 1.58. The van der Waals surface area contributed by atoms with E-state index in [4.69, 9.17) is 0 Å². The molecule has 0 aliphatic heterocycles. The van der Waals surface area contributed by atoms with E-state index in [1.54, 1.807) is 23.3 Å². The van der Waals surface area contributed by atoms with Gasteiger partial charge in [0, 0.05) is 0 Å². The van der Waals surface area contributed by atoms with Crippen LogP contribution in [0.3, 0.4) is 0 Å². The van der Waals surface area contributed by atoms with Crippen molar-refractivity contribution in [2.75, 3.05) is 0 Å². The average molecular weight is 467 g/mol. The van der Waals surface area contributed by atoms with Gasteiger partial charge in [-0.1, -0.05) is 27.7 Å². The van der Waals surface area contributed by atoms with Crippen molar-refractivity contribution in [3.05, 3.63) is 60.4 Å². The zero-order valence-electron chi connectivity index (χ0n) is 16.4. The molecule has 0 atom stereocenters. The van der Waals surface area contributed by atoms with Crippen molar-refractivity contribution in [3.8, 4) is 0 Å². The molecule has 2 rings (SSSR count). The van der Waals surface area contributed by atoms with Gasteiger partial charge in [-0.05, 0) is 0 Å². The molecular weight excluding hydrogens is 430 g/mol. The van der Waals surface area contributed by atoms with Gasteiger partial charge in [0.1, 0.15) is 0 Å². The van der Waals surface area contributed by atoms with E-state index in [0.717, 1.165) is 25.7 Å². The molecule has 0 fully saturated rings. The molecule has 0 nitrogen and oxygen atoms in total. The molecule has 0 saturated heterocycles. The first-order valence-corrected chi connectivity index (χ1v) is 13.8. The van der Waals surface area contributed by atoms with Crippen LogP contribution in [0.5, 0.6) is 0 Å². The number of rotatable bonds is 0. The molecule has 2 aliphatic rings. The summed E-state index contributed by atoms with van der Waals surface area (Å²) < 4.78 is 0. The van der Waals surface area contributed by atoms with Crippen molar-refractivity contribution in [2.24, 2.45) is 0 Å². The molecule has 142 valence electrons. The van der Waals surface area contributed by atoms with Gasteiger partial charge in [-0.15, -0.1) is 51.5 Å². The standard InChI is InChI=1S/2C7H9.2C3H7.2ClH.H2Si.Zr/c2*1-6-4-3-5-7(6)2;2*1-3-2;;;;/h2*4H,5H2,1-2H3;2*1,3H2,2H3;2*1H;1H2;/q4*-1;;;;. The fraction of sp³-hybridized carbons (Fsp3) is 0.500. The Bertz CT molecular complexity index is 347. The Balaban J connectivity index is -0.0000000671. The molecule has 0 amide bonds. The summed E-state index contributed by atoms with van der Waals surface area (Å²) in [6.45, 7) is 21.5. The predicted octanol–water partition coefficient (Wildman–Crippen LogP) is 6.56. The van der Waals surface area contributed by atoms with Crippen LogP contribution in [-0.4, -0.2) is 6.88 Å². The summed E-state index contributed by atoms with van der Waals surface area (Å²) in [7, 11) is 0. The van der Waals surface area contributed by atoms with Crippen LogP contribution in [0.25, 0.3) is 0 Å². The SMILES string of the molecule is CC1=C(C)C[C-]=C1.CC1=C(C)C[C-]=C1.Cl.Cl.[CH2-]CC.[CH2-]CC.[SiH2]=[Zr]. The van der Waals surface area contributed by atoms with E-state index in [1.807, 2.05) is 20.7 Å². The average Bonchev–Trinajstić information content (AvgIpc) is 3.04. The number of hydrogen-bond acceptors (Lipinski definition) is 0. The van der Waals surface area contributed by atoms with Gasteiger partial charge in [0.15, 0.2) is 0 Å². The Kier molecular flexibility index (Phi) is 42.3. The molecule has 24 heavy (non-hydrogen) atoms. The maximum atomic E-state index is 3.49. The van der Waals surface area contributed by atoms with Crippen LogP contribution in [0.15, 0.2) is 34.4 Å². The third kappa shape index (κ3) is 24.9. The molecule has 0 aromatic rings. The Labute approximate surface area is 181 Å². The van der Waals surface area contributed by atoms with Crippen LogP contribution < -0.4 is 0 Å². The summed E-state index contributed by atoms with van der Waals surface area (Å²) in [5, 5.41) is 0. The second kappa shape index (κ2) is 28.4. The van der Waals surface area contributed by atoms with Gasteiger partial charge < -0.3 is 13.8 Å². The van der Waals surface area contributed by atoms with Gasteiger partial charge in [0.05, 0.1) is 0 Å². The minimum atomic E-state index is 0. The molecule has 4 heteroatoms. The molecule has 2 aliphatic carbocycles. The first-order chi connectivity index (χ1) is 10.4. The third-order valence-corrected chi connectivity index (χ3v) is 2.72. The molecule has 0 aromatic carbocycles. The van der Waals surface area contributed by atoms with Crippen LogP contribution in [0.2, 0.25) is 0 Å². The van der Waals surface area contributed by atoms with E-state index in [2.05, 4.69) is 65.8 Å². The van der Waals surface area contributed by atoms with Crippen LogP contribution in [0.1, 0.15) is 67.2 Å². The first kappa shape index (κ1) is 35.7. The van der Waals surface area contributed by atoms with Gasteiger partial charge in [-0.2, -0.15) is 24.0 Å². The van der Waals surface area contributed by atoms with E-state index in [1.165, 1.54) is 22.3 Å². The predicted molar refractivity (Wildman–Crippen MR) is 116 cm³/mol. The summed E-state index contributed by atoms with van der Waals surface area (Å²) in [6, 6.07) is 0. The molecular formula is C20H36Cl2SiZr-4. The molecule has 0 aromatic heterocycles. The van der Waals surface area contributed by atoms with E-state index < -0.39 is 0 Å². The van der Waals surface area contributed by atoms with Gasteiger partial charge in [0.25, 0.3) is 0 Å². The van der Waals surface area contributed by atoms with Crippen LogP contribution >= 0.6 is 24.8 Å². The number of allylic oxidation sites excluding steroid dienone is 8. The Morgan fingerprint density at radius 3 is 1.08 bits per heavy atom. The summed E-state index contributed by atoms with van der Waals surface area (Å²) in [5.74, 6) is 0. The third-order valence-electron chi connectivity index (χ3n) is 2.72. The Morgan fingerprint density at radius 1 is 0.833 bits per heavy atom. The minimum absolute atomic E-state index is 0. The molecule has 0 unspecified atom stereocenters. The monoisotopic (exact) mass is 464 g/mol. The second-order valence-corrected chi connectivity index (χ2v) is 4.98. The first-order valence-electron chi connectivity index (χ1n) is 7.84.